The minimum absolute atomic E-state index is 0. The summed E-state index contributed by atoms with van der Waals surface area (Å²) in [7, 11) is 0. The van der Waals surface area contributed by atoms with Crippen molar-refractivity contribution in [1.82, 2.24) is 9.97 Å². The first kappa shape index (κ1) is 33.4. The molecule has 4 rings (SSSR count). The quantitative estimate of drug-likeness (QED) is 0.0820. The van der Waals surface area contributed by atoms with Gasteiger partial charge in [0.25, 0.3) is 0 Å². The molecule has 0 aliphatic heterocycles. The fourth-order valence-electron chi connectivity index (χ4n) is 4.19. The second kappa shape index (κ2) is 14.2. The van der Waals surface area contributed by atoms with Gasteiger partial charge >= 0.3 is 23.9 Å². The number of fused-ring (bicyclic) bond motifs is 2. The van der Waals surface area contributed by atoms with Crippen LogP contribution in [0.4, 0.5) is 0 Å². The molecule has 226 valence electrons. The number of nitrogens with one attached hydrogen (secondary N) is 2. The van der Waals surface area contributed by atoms with Crippen LogP contribution in [0.25, 0.3) is 21.8 Å². The number of carboxylic acids is 2. The average Bonchev–Trinajstić information content (AvgIpc) is 3.50. The van der Waals surface area contributed by atoms with Crippen LogP contribution in [-0.4, -0.2) is 73.1 Å². The van der Waals surface area contributed by atoms with Crippen LogP contribution in [0, 0.1) is 0 Å². The van der Waals surface area contributed by atoms with E-state index in [1.54, 1.807) is 48.8 Å². The number of carboxylic acid groups (broad SMARTS) is 2. The van der Waals surface area contributed by atoms with Gasteiger partial charge in [0, 0.05) is 53.5 Å². The Labute approximate surface area is 238 Å². The van der Waals surface area contributed by atoms with Gasteiger partial charge in [-0.1, -0.05) is 0 Å². The Balaban J connectivity index is 0.00000308. The molecule has 0 radical (unpaired) electrons. The van der Waals surface area contributed by atoms with Crippen molar-refractivity contribution in [1.29, 1.82) is 0 Å². The molecule has 0 saturated heterocycles. The highest BCUT2D eigenvalue weighted by Gasteiger charge is 2.20. The van der Waals surface area contributed by atoms with Crippen LogP contribution in [0.5, 0.6) is 11.5 Å². The molecule has 4 aromatic rings. The zero-order chi connectivity index (χ0) is 29.0. The molecular weight excluding hydrogens is 554 g/mol. The number of nitrogens with two attached hydrogens (primary N) is 3. The third-order valence-electron chi connectivity index (χ3n) is 6.40. The molecule has 0 aliphatic carbocycles. The van der Waals surface area contributed by atoms with Gasteiger partial charge in [-0.2, -0.15) is 0 Å². The number of aromatic nitrogens is 2. The number of aromatic amines is 2. The molecule has 0 amide bonds. The summed E-state index contributed by atoms with van der Waals surface area (Å²) < 4.78 is 10.8. The van der Waals surface area contributed by atoms with Crippen LogP contribution in [0.3, 0.4) is 0 Å². The van der Waals surface area contributed by atoms with Gasteiger partial charge in [0.1, 0.15) is 29.6 Å². The molecule has 0 saturated carbocycles. The molecule has 42 heavy (non-hydrogen) atoms. The summed E-state index contributed by atoms with van der Waals surface area (Å²) in [6.07, 6.45) is 3.29. The van der Waals surface area contributed by atoms with Crippen molar-refractivity contribution in [2.24, 2.45) is 17.2 Å². The van der Waals surface area contributed by atoms with Gasteiger partial charge in [0.2, 0.25) is 0 Å². The Kier molecular flexibility index (Phi) is 11.3. The minimum atomic E-state index is -1.13. The summed E-state index contributed by atoms with van der Waals surface area (Å²) in [5.74, 6) is -3.16. The van der Waals surface area contributed by atoms with Gasteiger partial charge in [-0.15, -0.1) is 0 Å². The Hall–Kier alpha value is -4.80. The maximum atomic E-state index is 12.5. The van der Waals surface area contributed by atoms with Crippen LogP contribution < -0.4 is 26.7 Å². The first-order valence-electron chi connectivity index (χ1n) is 12.4. The van der Waals surface area contributed by atoms with Gasteiger partial charge < -0.3 is 57.8 Å². The number of ether oxygens (including phenoxy) is 2. The molecular formula is C27H33N5O10. The number of hydrogen-bond donors (Lipinski definition) is 7. The van der Waals surface area contributed by atoms with Crippen molar-refractivity contribution in [2.75, 3.05) is 0 Å². The maximum absolute atomic E-state index is 12.5. The van der Waals surface area contributed by atoms with Gasteiger partial charge in [0.15, 0.2) is 0 Å². The topological polar surface area (TPSA) is 300 Å². The SMILES string of the molecule is N[C@H](Cc1c[nH]c2ccc(OC(=O)CC[C@@H](N)C(=O)Oc3ccc4[nH]cc(C[C@@H](N)C(=O)O)c4c3)cc12)C(=O)O.O.O. The smallest absolute Gasteiger partial charge is 0.328 e. The van der Waals surface area contributed by atoms with Gasteiger partial charge in [-0.05, 0) is 53.9 Å². The highest BCUT2D eigenvalue weighted by Crippen LogP contribution is 2.26. The van der Waals surface area contributed by atoms with Crippen LogP contribution in [0.2, 0.25) is 0 Å². The second-order valence-electron chi connectivity index (χ2n) is 9.38. The second-order valence-corrected chi connectivity index (χ2v) is 9.38. The molecule has 0 bridgehead atoms. The van der Waals surface area contributed by atoms with Crippen LogP contribution in [0.1, 0.15) is 24.0 Å². The summed E-state index contributed by atoms with van der Waals surface area (Å²) in [6.45, 7) is 0. The Bertz CT molecular complexity index is 1580. The normalized spacial score (nSPS) is 12.9. The summed E-state index contributed by atoms with van der Waals surface area (Å²) in [6, 6.07) is 6.45. The number of hydrogen-bond acceptors (Lipinski definition) is 9. The largest absolute Gasteiger partial charge is 0.480 e. The third kappa shape index (κ3) is 7.90. The number of aliphatic carboxylic acids is 2. The van der Waals surface area contributed by atoms with E-state index in [0.29, 0.717) is 27.4 Å². The molecule has 0 spiro atoms. The lowest BCUT2D eigenvalue weighted by Crippen LogP contribution is -2.35. The first-order valence-corrected chi connectivity index (χ1v) is 12.4. The van der Waals surface area contributed by atoms with Crippen LogP contribution in [0.15, 0.2) is 48.8 Å². The lowest BCUT2D eigenvalue weighted by molar-refractivity contribution is -0.139. The first-order chi connectivity index (χ1) is 19.0. The lowest BCUT2D eigenvalue weighted by atomic mass is 10.1. The zero-order valence-corrected chi connectivity index (χ0v) is 22.3. The number of esters is 2. The highest BCUT2D eigenvalue weighted by molar-refractivity contribution is 5.88. The summed E-state index contributed by atoms with van der Waals surface area (Å²) >= 11 is 0. The lowest BCUT2D eigenvalue weighted by Gasteiger charge is -2.12. The number of rotatable bonds is 12. The van der Waals surface area contributed by atoms with Crippen molar-refractivity contribution in [3.8, 4) is 11.5 Å². The van der Waals surface area contributed by atoms with Crippen LogP contribution in [-0.2, 0) is 32.0 Å². The standard InChI is InChI=1S/C27H29N5O8.2H2O/c28-19(27(38)40-16-2-5-23-18(10-16)14(12-32-23)8-21(30)26(36)37)3-6-24(33)39-15-1-4-22-17(9-15)13(11-31-22)7-20(29)25(34)35;;/h1-2,4-5,9-12,19-21,31-32H,3,6-8,28-30H2,(H,34,35)(H,36,37);2*1H2/t19-,20-,21-;;/m1../s1. The molecule has 15 nitrogen and oxygen atoms in total. The van der Waals surface area contributed by atoms with Crippen molar-refractivity contribution in [3.63, 3.8) is 0 Å². The number of carbonyl (C=O) groups excluding carboxylic acids is 2. The van der Waals surface area contributed by atoms with E-state index in [9.17, 15) is 19.2 Å². The van der Waals surface area contributed by atoms with Gasteiger partial charge in [0.05, 0.1) is 0 Å². The van der Waals surface area contributed by atoms with E-state index in [1.165, 1.54) is 0 Å². The van der Waals surface area contributed by atoms with E-state index in [4.69, 9.17) is 36.9 Å². The fourth-order valence-corrected chi connectivity index (χ4v) is 4.19. The number of carbonyl (C=O) groups is 4. The number of H-pyrrole nitrogens is 2. The van der Waals surface area contributed by atoms with E-state index >= 15 is 0 Å². The molecule has 14 N–H and O–H groups in total. The third-order valence-corrected chi connectivity index (χ3v) is 6.40. The minimum Gasteiger partial charge on any atom is -0.480 e. The molecule has 0 fully saturated rings. The number of benzene rings is 2. The summed E-state index contributed by atoms with van der Waals surface area (Å²) in [4.78, 5) is 53.2. The summed E-state index contributed by atoms with van der Waals surface area (Å²) in [5.41, 5.74) is 20.0. The molecule has 0 unspecified atom stereocenters. The van der Waals surface area contributed by atoms with Gasteiger partial charge in [-0.3, -0.25) is 14.4 Å². The van der Waals surface area contributed by atoms with Crippen LogP contribution >= 0.6 is 0 Å². The maximum Gasteiger partial charge on any atom is 0.328 e. The van der Waals surface area contributed by atoms with Gasteiger partial charge in [-0.25, -0.2) is 4.79 Å². The predicted octanol–water partition coefficient (Wildman–Crippen LogP) is -0.473. The molecule has 0 aliphatic rings. The molecule has 3 atom stereocenters. The van der Waals surface area contributed by atoms with Crippen molar-refractivity contribution in [3.05, 3.63) is 59.9 Å². The highest BCUT2D eigenvalue weighted by atomic mass is 16.5. The molecule has 2 heterocycles. The predicted molar refractivity (Wildman–Crippen MR) is 151 cm³/mol. The van der Waals surface area contributed by atoms with E-state index < -0.39 is 42.0 Å². The van der Waals surface area contributed by atoms with E-state index in [0.717, 1.165) is 5.52 Å². The van der Waals surface area contributed by atoms with Crippen molar-refractivity contribution >= 4 is 45.7 Å². The van der Waals surface area contributed by atoms with E-state index in [1.807, 2.05) is 0 Å². The molecule has 2 aromatic carbocycles. The monoisotopic (exact) mass is 587 g/mol. The Morgan fingerprint density at radius 2 is 1.17 bits per heavy atom. The molecule has 2 aromatic heterocycles. The Morgan fingerprint density at radius 3 is 1.62 bits per heavy atom. The van der Waals surface area contributed by atoms with Crippen molar-refractivity contribution < 1.29 is 49.8 Å². The fraction of sp³-hybridized carbons (Fsp3) is 0.259. The Morgan fingerprint density at radius 1 is 0.714 bits per heavy atom. The molecule has 15 heteroatoms. The zero-order valence-electron chi connectivity index (χ0n) is 22.3. The average molecular weight is 588 g/mol. The van der Waals surface area contributed by atoms with E-state index in [2.05, 4.69) is 9.97 Å². The van der Waals surface area contributed by atoms with Crippen molar-refractivity contribution in [2.45, 2.75) is 43.8 Å². The summed E-state index contributed by atoms with van der Waals surface area (Å²) in [5, 5.41) is 19.5. The van der Waals surface area contributed by atoms with E-state index in [-0.39, 0.29) is 48.1 Å².